The fourth-order valence-electron chi connectivity index (χ4n) is 4.30. The molecule has 2 aromatic carbocycles. The molecule has 0 saturated carbocycles. The predicted octanol–water partition coefficient (Wildman–Crippen LogP) is 6.49. The van der Waals surface area contributed by atoms with Crippen molar-refractivity contribution in [2.45, 2.75) is 28.5 Å². The summed E-state index contributed by atoms with van der Waals surface area (Å²) in [7, 11) is 1.57. The van der Waals surface area contributed by atoms with E-state index in [1.807, 2.05) is 71.6 Å². The Balaban J connectivity index is 1.36. The molecular weight excluding hydrogens is 540 g/mol. The zero-order valence-corrected chi connectivity index (χ0v) is 22.9. The van der Waals surface area contributed by atoms with Crippen molar-refractivity contribution in [2.24, 2.45) is 0 Å². The Kier molecular flexibility index (Phi) is 8.17. The van der Waals surface area contributed by atoms with E-state index in [1.54, 1.807) is 25.4 Å². The van der Waals surface area contributed by atoms with Crippen molar-refractivity contribution in [2.75, 3.05) is 19.0 Å². The number of methoxy groups -OCH3 is 1. The fourth-order valence-corrected chi connectivity index (χ4v) is 5.54. The molecule has 194 valence electrons. The second-order valence-corrected chi connectivity index (χ2v) is 10.4. The maximum Gasteiger partial charge on any atom is 0.226 e. The number of amides is 1. The van der Waals surface area contributed by atoms with Crippen molar-refractivity contribution < 1.29 is 13.9 Å². The van der Waals surface area contributed by atoms with Gasteiger partial charge in [0.1, 0.15) is 17.6 Å². The standard InChI is InChI=1S/C28H25ClN4O3S2/c1-35-22-8-3-2-6-20(22)31-24(34)15-17-33-27(26(32-28(33)37)21-7-4-5-16-30-21)23-13-14-25(36-23)38-19-11-9-18(29)10-12-19/h2-14,16,26-27H,15,17H2,1H3,(H,31,34)(H,32,37)/t26-,27+/m1/s1. The number of pyridine rings is 1. The maximum absolute atomic E-state index is 12.9. The Morgan fingerprint density at radius 3 is 2.68 bits per heavy atom. The van der Waals surface area contributed by atoms with Gasteiger partial charge in [0.05, 0.1) is 24.5 Å². The zero-order valence-electron chi connectivity index (χ0n) is 20.5. The van der Waals surface area contributed by atoms with Crippen molar-refractivity contribution in [3.05, 3.63) is 102 Å². The average molecular weight is 565 g/mol. The number of carbonyl (C=O) groups is 1. The highest BCUT2D eigenvalue weighted by molar-refractivity contribution is 7.99. The first-order valence-electron chi connectivity index (χ1n) is 12.0. The van der Waals surface area contributed by atoms with Crippen LogP contribution in [0.4, 0.5) is 5.69 Å². The average Bonchev–Trinajstić information content (AvgIpc) is 3.53. The molecule has 0 spiro atoms. The zero-order chi connectivity index (χ0) is 26.5. The van der Waals surface area contributed by atoms with Gasteiger partial charge in [-0.05, 0) is 72.9 Å². The molecule has 7 nitrogen and oxygen atoms in total. The van der Waals surface area contributed by atoms with Gasteiger partial charge in [0, 0.05) is 29.1 Å². The topological polar surface area (TPSA) is 79.6 Å². The number of benzene rings is 2. The smallest absolute Gasteiger partial charge is 0.226 e. The largest absolute Gasteiger partial charge is 0.495 e. The minimum atomic E-state index is -0.281. The van der Waals surface area contributed by atoms with Crippen LogP contribution in [0.2, 0.25) is 5.02 Å². The maximum atomic E-state index is 12.9. The summed E-state index contributed by atoms with van der Waals surface area (Å²) in [6, 6.07) is 24.1. The van der Waals surface area contributed by atoms with Gasteiger partial charge in [-0.15, -0.1) is 0 Å². The highest BCUT2D eigenvalue weighted by Crippen LogP contribution is 2.41. The lowest BCUT2D eigenvalue weighted by molar-refractivity contribution is -0.116. The van der Waals surface area contributed by atoms with Gasteiger partial charge in [-0.25, -0.2) is 0 Å². The lowest BCUT2D eigenvalue weighted by Crippen LogP contribution is -2.32. The van der Waals surface area contributed by atoms with E-state index in [2.05, 4.69) is 15.6 Å². The number of halogens is 1. The summed E-state index contributed by atoms with van der Waals surface area (Å²) >= 11 is 13.2. The van der Waals surface area contributed by atoms with Crippen LogP contribution in [0.3, 0.4) is 0 Å². The number of carbonyl (C=O) groups excluding carboxylic acids is 1. The van der Waals surface area contributed by atoms with Crippen LogP contribution in [-0.2, 0) is 4.79 Å². The first kappa shape index (κ1) is 26.1. The monoisotopic (exact) mass is 564 g/mol. The number of hydrogen-bond donors (Lipinski definition) is 2. The number of hydrogen-bond acceptors (Lipinski definition) is 6. The molecule has 0 radical (unpaired) electrons. The SMILES string of the molecule is COc1ccccc1NC(=O)CCN1C(=S)N[C@H](c2ccccn2)[C@@H]1c1ccc(Sc2ccc(Cl)cc2)o1. The molecule has 0 bridgehead atoms. The van der Waals surface area contributed by atoms with Gasteiger partial charge in [0.2, 0.25) is 5.91 Å². The van der Waals surface area contributed by atoms with Gasteiger partial charge < -0.3 is 24.7 Å². The number of nitrogens with one attached hydrogen (secondary N) is 2. The molecule has 5 rings (SSSR count). The summed E-state index contributed by atoms with van der Waals surface area (Å²) < 4.78 is 11.7. The lowest BCUT2D eigenvalue weighted by Gasteiger charge is -2.25. The highest BCUT2D eigenvalue weighted by atomic mass is 35.5. The molecule has 0 aliphatic carbocycles. The van der Waals surface area contributed by atoms with E-state index in [9.17, 15) is 4.79 Å². The minimum Gasteiger partial charge on any atom is -0.495 e. The first-order chi connectivity index (χ1) is 18.5. The number of nitrogens with zero attached hydrogens (tertiary/aromatic N) is 2. The van der Waals surface area contributed by atoms with E-state index >= 15 is 0 Å². The van der Waals surface area contributed by atoms with E-state index < -0.39 is 0 Å². The van der Waals surface area contributed by atoms with E-state index in [4.69, 9.17) is 33.0 Å². The van der Waals surface area contributed by atoms with Crippen LogP contribution in [0, 0.1) is 0 Å². The third kappa shape index (κ3) is 5.96. The molecule has 1 aliphatic rings. The van der Waals surface area contributed by atoms with Crippen LogP contribution in [0.5, 0.6) is 5.75 Å². The quantitative estimate of drug-likeness (QED) is 0.223. The number of furan rings is 1. The number of para-hydroxylation sites is 2. The van der Waals surface area contributed by atoms with Gasteiger partial charge in [-0.3, -0.25) is 9.78 Å². The molecule has 0 unspecified atom stereocenters. The summed E-state index contributed by atoms with van der Waals surface area (Å²) in [5.74, 6) is 1.19. The predicted molar refractivity (Wildman–Crippen MR) is 153 cm³/mol. The van der Waals surface area contributed by atoms with Crippen molar-refractivity contribution in [1.82, 2.24) is 15.2 Å². The molecule has 38 heavy (non-hydrogen) atoms. The van der Waals surface area contributed by atoms with E-state index in [-0.39, 0.29) is 24.4 Å². The van der Waals surface area contributed by atoms with Gasteiger partial charge in [0.15, 0.2) is 10.2 Å². The minimum absolute atomic E-state index is 0.143. The Morgan fingerprint density at radius 2 is 1.92 bits per heavy atom. The number of anilines is 1. The molecule has 2 atom stereocenters. The van der Waals surface area contributed by atoms with Crippen LogP contribution in [0.25, 0.3) is 0 Å². The number of rotatable bonds is 9. The second-order valence-electron chi connectivity index (χ2n) is 8.53. The molecule has 1 amide bonds. The van der Waals surface area contributed by atoms with Crippen LogP contribution < -0.4 is 15.4 Å². The van der Waals surface area contributed by atoms with E-state index in [0.717, 1.165) is 21.4 Å². The number of aromatic nitrogens is 1. The summed E-state index contributed by atoms with van der Waals surface area (Å²) in [6.45, 7) is 0.390. The third-order valence-electron chi connectivity index (χ3n) is 6.08. The van der Waals surface area contributed by atoms with Crippen molar-refractivity contribution in [1.29, 1.82) is 0 Å². The molecule has 4 aromatic rings. The lowest BCUT2D eigenvalue weighted by atomic mass is 10.0. The van der Waals surface area contributed by atoms with Crippen LogP contribution in [0.1, 0.15) is 30.0 Å². The summed E-state index contributed by atoms with van der Waals surface area (Å²) in [5.41, 5.74) is 1.46. The molecule has 1 aliphatic heterocycles. The Labute approximate surface area is 235 Å². The Bertz CT molecular complexity index is 1420. The summed E-state index contributed by atoms with van der Waals surface area (Å²) in [6.07, 6.45) is 1.98. The van der Waals surface area contributed by atoms with Crippen LogP contribution in [0.15, 0.2) is 99.5 Å². The molecule has 1 saturated heterocycles. The van der Waals surface area contributed by atoms with E-state index in [0.29, 0.717) is 28.1 Å². The molecule has 2 N–H and O–H groups in total. The van der Waals surface area contributed by atoms with Crippen LogP contribution in [-0.4, -0.2) is 34.6 Å². The molecule has 2 aromatic heterocycles. The van der Waals surface area contributed by atoms with Crippen LogP contribution >= 0.6 is 35.6 Å². The second kappa shape index (κ2) is 11.9. The number of thiocarbonyl (C=S) groups is 1. The first-order valence-corrected chi connectivity index (χ1v) is 13.6. The fraction of sp³-hybridized carbons (Fsp3) is 0.179. The van der Waals surface area contributed by atoms with Gasteiger partial charge >= 0.3 is 0 Å². The number of ether oxygens (including phenoxy) is 1. The molecule has 3 heterocycles. The molecule has 10 heteroatoms. The van der Waals surface area contributed by atoms with Gasteiger partial charge in [-0.2, -0.15) is 0 Å². The summed E-state index contributed by atoms with van der Waals surface area (Å²) in [5, 5.41) is 8.29. The Morgan fingerprint density at radius 1 is 1.13 bits per heavy atom. The van der Waals surface area contributed by atoms with E-state index in [1.165, 1.54) is 11.8 Å². The van der Waals surface area contributed by atoms with Gasteiger partial charge in [0.25, 0.3) is 0 Å². The summed E-state index contributed by atoms with van der Waals surface area (Å²) in [4.78, 5) is 20.4. The van der Waals surface area contributed by atoms with Gasteiger partial charge in [-0.1, -0.05) is 41.6 Å². The third-order valence-corrected chi connectivity index (χ3v) is 7.62. The normalized spacial score (nSPS) is 16.8. The van der Waals surface area contributed by atoms with Crippen molar-refractivity contribution >= 4 is 52.3 Å². The molecular formula is C28H25ClN4O3S2. The highest BCUT2D eigenvalue weighted by Gasteiger charge is 2.41. The van der Waals surface area contributed by atoms with Crippen molar-refractivity contribution in [3.8, 4) is 5.75 Å². The molecule has 1 fully saturated rings. The Hall–Kier alpha value is -3.53. The van der Waals surface area contributed by atoms with Crippen molar-refractivity contribution in [3.63, 3.8) is 0 Å².